The molecule has 38 heavy (non-hydrogen) atoms. The van der Waals surface area contributed by atoms with Gasteiger partial charge in [-0.1, -0.05) is 77.7 Å². The molecular weight excluding hydrogens is 494 g/mol. The minimum Gasteiger partial charge on any atom is -0.487 e. The van der Waals surface area contributed by atoms with Crippen molar-refractivity contribution >= 4 is 10.8 Å². The SMILES string of the molecule is CCCCCCCCC(F)COc1c(F)c(F)cc2c(F)c(-c3ccc(OCCCCCC)nc3)ccc12. The fraction of sp³-hybridized carbons (Fsp3) is 0.516. The maximum atomic E-state index is 15.5. The first-order valence-corrected chi connectivity index (χ1v) is 13.9. The molecule has 3 aromatic rings. The van der Waals surface area contributed by atoms with Crippen LogP contribution >= 0.6 is 0 Å². The molecule has 208 valence electrons. The van der Waals surface area contributed by atoms with Gasteiger partial charge in [0.25, 0.3) is 0 Å². The molecule has 2 aromatic carbocycles. The van der Waals surface area contributed by atoms with Crippen molar-refractivity contribution in [2.24, 2.45) is 0 Å². The highest BCUT2D eigenvalue weighted by Gasteiger charge is 2.21. The zero-order valence-electron chi connectivity index (χ0n) is 22.5. The zero-order valence-corrected chi connectivity index (χ0v) is 22.5. The molecule has 0 saturated carbocycles. The summed E-state index contributed by atoms with van der Waals surface area (Å²) in [5, 5.41) is -0.0871. The molecule has 0 N–H and O–H groups in total. The largest absolute Gasteiger partial charge is 0.487 e. The van der Waals surface area contributed by atoms with Gasteiger partial charge in [0.05, 0.1) is 6.61 Å². The van der Waals surface area contributed by atoms with E-state index in [2.05, 4.69) is 18.8 Å². The van der Waals surface area contributed by atoms with E-state index in [0.717, 1.165) is 57.4 Å². The summed E-state index contributed by atoms with van der Waals surface area (Å²) >= 11 is 0. The van der Waals surface area contributed by atoms with Crippen LogP contribution in [0.4, 0.5) is 17.6 Å². The lowest BCUT2D eigenvalue weighted by molar-refractivity contribution is 0.179. The Morgan fingerprint density at radius 3 is 2.18 bits per heavy atom. The zero-order chi connectivity index (χ0) is 27.3. The lowest BCUT2D eigenvalue weighted by atomic mass is 10.0. The number of unbranched alkanes of at least 4 members (excludes halogenated alkanes) is 8. The van der Waals surface area contributed by atoms with Crippen molar-refractivity contribution < 1.29 is 27.0 Å². The second-order valence-electron chi connectivity index (χ2n) is 9.78. The quantitative estimate of drug-likeness (QED) is 0.128. The van der Waals surface area contributed by atoms with Crippen LogP contribution < -0.4 is 9.47 Å². The first-order valence-electron chi connectivity index (χ1n) is 13.9. The van der Waals surface area contributed by atoms with Gasteiger partial charge in [-0.15, -0.1) is 0 Å². The van der Waals surface area contributed by atoms with Crippen molar-refractivity contribution in [2.75, 3.05) is 13.2 Å². The predicted molar refractivity (Wildman–Crippen MR) is 145 cm³/mol. The number of alkyl halides is 1. The van der Waals surface area contributed by atoms with E-state index in [1.165, 1.54) is 24.8 Å². The number of rotatable bonds is 17. The van der Waals surface area contributed by atoms with Crippen LogP contribution in [-0.2, 0) is 0 Å². The van der Waals surface area contributed by atoms with Gasteiger partial charge in [0.2, 0.25) is 11.7 Å². The van der Waals surface area contributed by atoms with Crippen LogP contribution in [-0.4, -0.2) is 24.4 Å². The highest BCUT2D eigenvalue weighted by atomic mass is 19.2. The van der Waals surface area contributed by atoms with E-state index in [-0.39, 0.29) is 22.8 Å². The van der Waals surface area contributed by atoms with Gasteiger partial charge in [-0.3, -0.25) is 0 Å². The second kappa shape index (κ2) is 15.6. The van der Waals surface area contributed by atoms with Gasteiger partial charge >= 0.3 is 0 Å². The molecule has 1 unspecified atom stereocenters. The molecule has 0 bridgehead atoms. The Kier molecular flexibility index (Phi) is 12.2. The van der Waals surface area contributed by atoms with E-state index in [1.807, 2.05) is 0 Å². The molecule has 0 aliphatic rings. The minimum absolute atomic E-state index is 0.0527. The predicted octanol–water partition coefficient (Wildman–Crippen LogP) is 9.75. The molecule has 0 amide bonds. The number of halogens is 4. The van der Waals surface area contributed by atoms with E-state index in [9.17, 15) is 13.2 Å². The monoisotopic (exact) mass is 533 g/mol. The topological polar surface area (TPSA) is 31.4 Å². The molecule has 0 fully saturated rings. The number of fused-ring (bicyclic) bond motifs is 1. The maximum Gasteiger partial charge on any atom is 0.213 e. The normalized spacial score (nSPS) is 12.2. The standard InChI is InChI=1S/C31H39F4NO2/c1-3-5-7-9-10-11-13-23(32)21-38-31-25-16-15-24(29(34)26(25)19-27(33)30(31)35)22-14-17-28(36-20-22)37-18-12-8-6-4-2/h14-17,19-20,23H,3-13,18,21H2,1-2H3. The lowest BCUT2D eigenvalue weighted by Crippen LogP contribution is -2.14. The van der Waals surface area contributed by atoms with Crippen molar-refractivity contribution in [3.63, 3.8) is 0 Å². The van der Waals surface area contributed by atoms with Crippen LogP contribution in [0.25, 0.3) is 21.9 Å². The van der Waals surface area contributed by atoms with E-state index < -0.39 is 36.0 Å². The number of hydrogen-bond acceptors (Lipinski definition) is 3. The van der Waals surface area contributed by atoms with Crippen LogP contribution in [0.15, 0.2) is 36.5 Å². The smallest absolute Gasteiger partial charge is 0.213 e. The van der Waals surface area contributed by atoms with Gasteiger partial charge in [-0.2, -0.15) is 4.39 Å². The minimum atomic E-state index is -1.32. The second-order valence-corrected chi connectivity index (χ2v) is 9.78. The maximum absolute atomic E-state index is 15.5. The highest BCUT2D eigenvalue weighted by molar-refractivity contribution is 5.93. The molecular formula is C31H39F4NO2. The Morgan fingerprint density at radius 1 is 0.763 bits per heavy atom. The third kappa shape index (κ3) is 8.34. The van der Waals surface area contributed by atoms with Gasteiger partial charge in [0.15, 0.2) is 11.6 Å². The lowest BCUT2D eigenvalue weighted by Gasteiger charge is -2.15. The van der Waals surface area contributed by atoms with Crippen LogP contribution in [0.3, 0.4) is 0 Å². The fourth-order valence-corrected chi connectivity index (χ4v) is 4.45. The Balaban J connectivity index is 1.69. The number of aromatic nitrogens is 1. The van der Waals surface area contributed by atoms with Crippen molar-refractivity contribution in [3.05, 3.63) is 54.0 Å². The number of nitrogens with zero attached hydrogens (tertiary/aromatic N) is 1. The van der Waals surface area contributed by atoms with Gasteiger partial charge in [-0.25, -0.2) is 18.2 Å². The summed E-state index contributed by atoms with van der Waals surface area (Å²) in [6.45, 7) is 4.42. The number of ether oxygens (including phenoxy) is 2. The molecule has 7 heteroatoms. The molecule has 0 aliphatic heterocycles. The van der Waals surface area contributed by atoms with Crippen molar-refractivity contribution in [2.45, 2.75) is 90.6 Å². The summed E-state index contributed by atoms with van der Waals surface area (Å²) in [5.41, 5.74) is 0.653. The van der Waals surface area contributed by atoms with Gasteiger partial charge in [0, 0.05) is 34.2 Å². The van der Waals surface area contributed by atoms with Crippen molar-refractivity contribution in [3.8, 4) is 22.8 Å². The van der Waals surface area contributed by atoms with Gasteiger partial charge in [-0.05, 0) is 31.0 Å². The number of pyridine rings is 1. The summed E-state index contributed by atoms with van der Waals surface area (Å²) in [6.07, 6.45) is 10.9. The highest BCUT2D eigenvalue weighted by Crippen LogP contribution is 2.37. The van der Waals surface area contributed by atoms with Crippen molar-refractivity contribution in [1.29, 1.82) is 0 Å². The summed E-state index contributed by atoms with van der Waals surface area (Å²) in [6, 6.07) is 7.06. The molecule has 0 radical (unpaired) electrons. The Morgan fingerprint density at radius 2 is 1.47 bits per heavy atom. The van der Waals surface area contributed by atoms with Gasteiger partial charge < -0.3 is 9.47 Å². The Hall–Kier alpha value is -2.83. The van der Waals surface area contributed by atoms with Crippen LogP contribution in [0.1, 0.15) is 84.5 Å². The summed E-state index contributed by atoms with van der Waals surface area (Å²) < 4.78 is 69.9. The summed E-state index contributed by atoms with van der Waals surface area (Å²) in [5.74, 6) is -3.26. The van der Waals surface area contributed by atoms with E-state index >= 15 is 4.39 Å². The molecule has 1 aromatic heterocycles. The molecule has 1 atom stereocenters. The van der Waals surface area contributed by atoms with E-state index in [4.69, 9.17) is 9.47 Å². The van der Waals surface area contributed by atoms with Gasteiger partial charge in [0.1, 0.15) is 18.6 Å². The first-order chi connectivity index (χ1) is 18.5. The third-order valence-corrected chi connectivity index (χ3v) is 6.68. The molecule has 1 heterocycles. The average Bonchev–Trinajstić information content (AvgIpc) is 2.92. The first kappa shape index (κ1) is 29.7. The van der Waals surface area contributed by atoms with Crippen LogP contribution in [0.5, 0.6) is 11.6 Å². The third-order valence-electron chi connectivity index (χ3n) is 6.68. The van der Waals surface area contributed by atoms with Crippen molar-refractivity contribution in [1.82, 2.24) is 4.98 Å². The molecule has 0 aliphatic carbocycles. The van der Waals surface area contributed by atoms with E-state index in [0.29, 0.717) is 24.5 Å². The van der Waals surface area contributed by atoms with Crippen LogP contribution in [0, 0.1) is 17.5 Å². The fourth-order valence-electron chi connectivity index (χ4n) is 4.45. The molecule has 3 rings (SSSR count). The Bertz CT molecular complexity index is 1140. The molecule has 0 spiro atoms. The molecule has 0 saturated heterocycles. The Labute approximate surface area is 223 Å². The average molecular weight is 534 g/mol. The van der Waals surface area contributed by atoms with Crippen LogP contribution in [0.2, 0.25) is 0 Å². The summed E-state index contributed by atoms with van der Waals surface area (Å²) in [4.78, 5) is 4.25. The number of benzene rings is 2. The molecule has 3 nitrogen and oxygen atoms in total. The summed E-state index contributed by atoms with van der Waals surface area (Å²) in [7, 11) is 0. The number of hydrogen-bond donors (Lipinski definition) is 0. The van der Waals surface area contributed by atoms with E-state index in [1.54, 1.807) is 12.1 Å².